The zero-order chi connectivity index (χ0) is 9.14. The number of nitrogens with zero attached hydrogens (tertiary/aromatic N) is 1. The highest BCUT2D eigenvalue weighted by molar-refractivity contribution is 5.74. The molecule has 1 aromatic rings. The molecule has 66 valence electrons. The maximum absolute atomic E-state index is 10.5. The van der Waals surface area contributed by atoms with Crippen LogP contribution in [0.3, 0.4) is 0 Å². The number of H-pyrrole nitrogens is 1. The number of carboxylic acid groups (broad SMARTS) is 1. The van der Waals surface area contributed by atoms with Crippen molar-refractivity contribution < 1.29 is 9.90 Å². The Morgan fingerprint density at radius 3 is 2.92 bits per heavy atom. The first kappa shape index (κ1) is 8.77. The predicted molar refractivity (Wildman–Crippen MR) is 44.0 cm³/mol. The molecule has 0 bridgehead atoms. The molecule has 0 aliphatic rings. The molecular weight excluding hydrogens is 156 g/mol. The van der Waals surface area contributed by atoms with Crippen molar-refractivity contribution in [1.29, 1.82) is 0 Å². The van der Waals surface area contributed by atoms with Crippen LogP contribution >= 0.6 is 0 Å². The van der Waals surface area contributed by atoms with E-state index in [1.807, 2.05) is 6.92 Å². The Bertz CT molecular complexity index is 280. The molecule has 0 saturated carbocycles. The molecule has 4 heteroatoms. The highest BCUT2D eigenvalue weighted by Crippen LogP contribution is 2.11. The summed E-state index contributed by atoms with van der Waals surface area (Å²) in [4.78, 5) is 17.5. The molecule has 0 aromatic carbocycles. The molecular formula is C8H12N2O2. The number of imidazole rings is 1. The van der Waals surface area contributed by atoms with Crippen LogP contribution in [-0.2, 0) is 11.2 Å². The van der Waals surface area contributed by atoms with Crippen LogP contribution in [0.4, 0.5) is 0 Å². The fraction of sp³-hybridized carbons (Fsp3) is 0.500. The second-order valence-electron chi connectivity index (χ2n) is 2.71. The lowest BCUT2D eigenvalue weighted by molar-refractivity contribution is -0.138. The molecule has 1 heterocycles. The van der Waals surface area contributed by atoms with E-state index in [0.717, 1.165) is 12.1 Å². The van der Waals surface area contributed by atoms with Crippen molar-refractivity contribution >= 4 is 5.97 Å². The summed E-state index contributed by atoms with van der Waals surface area (Å²) in [5.41, 5.74) is 0.970. The topological polar surface area (TPSA) is 66.0 Å². The molecule has 4 nitrogen and oxygen atoms in total. The third-order valence-corrected chi connectivity index (χ3v) is 1.81. The first-order valence-corrected chi connectivity index (χ1v) is 3.91. The lowest BCUT2D eigenvalue weighted by Gasteiger charge is -2.00. The van der Waals surface area contributed by atoms with Crippen LogP contribution in [0.15, 0.2) is 6.20 Å². The third-order valence-electron chi connectivity index (χ3n) is 1.81. The molecule has 12 heavy (non-hydrogen) atoms. The number of hydrogen-bond donors (Lipinski definition) is 2. The molecule has 0 aliphatic carbocycles. The maximum Gasteiger partial charge on any atom is 0.313 e. The zero-order valence-electron chi connectivity index (χ0n) is 7.16. The average molecular weight is 168 g/mol. The van der Waals surface area contributed by atoms with E-state index in [4.69, 9.17) is 5.11 Å². The second kappa shape index (κ2) is 3.38. The minimum atomic E-state index is -0.855. The van der Waals surface area contributed by atoms with Gasteiger partial charge in [0.2, 0.25) is 0 Å². The Labute approximate surface area is 70.6 Å². The predicted octanol–water partition coefficient (Wildman–Crippen LogP) is 1.16. The van der Waals surface area contributed by atoms with Gasteiger partial charge in [-0.25, -0.2) is 4.98 Å². The molecule has 1 rings (SSSR count). The maximum atomic E-state index is 10.5. The van der Waals surface area contributed by atoms with E-state index in [2.05, 4.69) is 9.97 Å². The quantitative estimate of drug-likeness (QED) is 0.711. The van der Waals surface area contributed by atoms with Crippen molar-refractivity contribution in [3.8, 4) is 0 Å². The summed E-state index contributed by atoms with van der Waals surface area (Å²) in [6, 6.07) is 0. The highest BCUT2D eigenvalue weighted by Gasteiger charge is 2.16. The van der Waals surface area contributed by atoms with E-state index in [-0.39, 0.29) is 0 Å². The molecule has 0 amide bonds. The molecule has 0 radical (unpaired) electrons. The molecule has 1 unspecified atom stereocenters. The van der Waals surface area contributed by atoms with Gasteiger partial charge in [0.1, 0.15) is 11.7 Å². The minimum absolute atomic E-state index is 0.527. The molecule has 0 spiro atoms. The van der Waals surface area contributed by atoms with Gasteiger partial charge in [-0.15, -0.1) is 0 Å². The monoisotopic (exact) mass is 168 g/mol. The summed E-state index contributed by atoms with van der Waals surface area (Å²) < 4.78 is 0. The van der Waals surface area contributed by atoms with Crippen LogP contribution in [0, 0.1) is 0 Å². The Hall–Kier alpha value is -1.32. The second-order valence-corrected chi connectivity index (χ2v) is 2.71. The van der Waals surface area contributed by atoms with Gasteiger partial charge in [-0.3, -0.25) is 4.79 Å². The van der Waals surface area contributed by atoms with Gasteiger partial charge in [-0.1, -0.05) is 6.92 Å². The number of rotatable bonds is 3. The summed E-state index contributed by atoms with van der Waals surface area (Å²) in [5, 5.41) is 8.66. The Morgan fingerprint density at radius 2 is 2.50 bits per heavy atom. The van der Waals surface area contributed by atoms with Gasteiger partial charge in [0.05, 0.1) is 0 Å². The van der Waals surface area contributed by atoms with E-state index >= 15 is 0 Å². The number of aryl methyl sites for hydroxylation is 1. The van der Waals surface area contributed by atoms with Crippen molar-refractivity contribution in [1.82, 2.24) is 9.97 Å². The number of hydrogen-bond acceptors (Lipinski definition) is 2. The normalized spacial score (nSPS) is 12.8. The number of aromatic amines is 1. The Kier molecular flexibility index (Phi) is 2.47. The standard InChI is InChI=1S/C8H12N2O2/c1-3-6-4-9-7(10-6)5(2)8(11)12/h4-5H,3H2,1-2H3,(H,9,10)(H,11,12). The van der Waals surface area contributed by atoms with Gasteiger partial charge in [0.15, 0.2) is 0 Å². The van der Waals surface area contributed by atoms with E-state index in [0.29, 0.717) is 5.82 Å². The van der Waals surface area contributed by atoms with Crippen LogP contribution in [0.25, 0.3) is 0 Å². The van der Waals surface area contributed by atoms with Gasteiger partial charge in [-0.2, -0.15) is 0 Å². The van der Waals surface area contributed by atoms with Crippen molar-refractivity contribution in [3.63, 3.8) is 0 Å². The SMILES string of the molecule is CCc1cnc(C(C)C(=O)O)[nH]1. The molecule has 0 aliphatic heterocycles. The molecule has 0 fully saturated rings. The lowest BCUT2D eigenvalue weighted by atomic mass is 10.2. The third kappa shape index (κ3) is 1.64. The summed E-state index contributed by atoms with van der Waals surface area (Å²) in [5.74, 6) is -0.878. The van der Waals surface area contributed by atoms with Gasteiger partial charge in [-0.05, 0) is 13.3 Å². The Balaban J connectivity index is 2.81. The number of carbonyl (C=O) groups is 1. The molecule has 1 atom stereocenters. The highest BCUT2D eigenvalue weighted by atomic mass is 16.4. The van der Waals surface area contributed by atoms with Crippen LogP contribution in [0.2, 0.25) is 0 Å². The zero-order valence-corrected chi connectivity index (χ0v) is 7.16. The fourth-order valence-corrected chi connectivity index (χ4v) is 0.893. The van der Waals surface area contributed by atoms with E-state index in [1.165, 1.54) is 0 Å². The number of carboxylic acids is 1. The van der Waals surface area contributed by atoms with Gasteiger partial charge < -0.3 is 10.1 Å². The molecule has 2 N–H and O–H groups in total. The largest absolute Gasteiger partial charge is 0.481 e. The summed E-state index contributed by atoms with van der Waals surface area (Å²) >= 11 is 0. The molecule has 0 saturated heterocycles. The summed E-state index contributed by atoms with van der Waals surface area (Å²) in [7, 11) is 0. The number of aromatic nitrogens is 2. The van der Waals surface area contributed by atoms with E-state index in [9.17, 15) is 4.79 Å². The van der Waals surface area contributed by atoms with Crippen molar-refractivity contribution in [3.05, 3.63) is 17.7 Å². The van der Waals surface area contributed by atoms with Crippen LogP contribution < -0.4 is 0 Å². The van der Waals surface area contributed by atoms with Crippen LogP contribution in [-0.4, -0.2) is 21.0 Å². The van der Waals surface area contributed by atoms with E-state index < -0.39 is 11.9 Å². The smallest absolute Gasteiger partial charge is 0.313 e. The van der Waals surface area contributed by atoms with Gasteiger partial charge >= 0.3 is 5.97 Å². The van der Waals surface area contributed by atoms with Crippen LogP contribution in [0.1, 0.15) is 31.3 Å². The molecule has 1 aromatic heterocycles. The first-order chi connectivity index (χ1) is 5.65. The number of aliphatic carboxylic acids is 1. The fourth-order valence-electron chi connectivity index (χ4n) is 0.893. The van der Waals surface area contributed by atoms with Crippen molar-refractivity contribution in [2.24, 2.45) is 0 Å². The first-order valence-electron chi connectivity index (χ1n) is 3.91. The van der Waals surface area contributed by atoms with Crippen LogP contribution in [0.5, 0.6) is 0 Å². The summed E-state index contributed by atoms with van der Waals surface area (Å²) in [6.45, 7) is 3.60. The van der Waals surface area contributed by atoms with Crippen molar-refractivity contribution in [2.75, 3.05) is 0 Å². The van der Waals surface area contributed by atoms with E-state index in [1.54, 1.807) is 13.1 Å². The van der Waals surface area contributed by atoms with Gasteiger partial charge in [0, 0.05) is 11.9 Å². The lowest BCUT2D eigenvalue weighted by Crippen LogP contribution is -2.08. The van der Waals surface area contributed by atoms with Crippen molar-refractivity contribution in [2.45, 2.75) is 26.2 Å². The number of nitrogens with one attached hydrogen (secondary N) is 1. The average Bonchev–Trinajstić information content (AvgIpc) is 2.50. The summed E-state index contributed by atoms with van der Waals surface area (Å²) in [6.07, 6.45) is 2.52. The Morgan fingerprint density at radius 1 is 1.83 bits per heavy atom. The minimum Gasteiger partial charge on any atom is -0.481 e. The van der Waals surface area contributed by atoms with Gasteiger partial charge in [0.25, 0.3) is 0 Å².